The fourth-order valence-electron chi connectivity index (χ4n) is 13.5. The summed E-state index contributed by atoms with van der Waals surface area (Å²) in [5, 5.41) is 44.8. The van der Waals surface area contributed by atoms with Crippen molar-refractivity contribution in [3.8, 4) is 0 Å². The van der Waals surface area contributed by atoms with E-state index >= 15 is 0 Å². The van der Waals surface area contributed by atoms with Gasteiger partial charge in [-0.25, -0.2) is 0 Å². The molecule has 1 fully saturated rings. The van der Waals surface area contributed by atoms with Crippen molar-refractivity contribution in [2.75, 3.05) is 96.6 Å². The molecule has 12 heteroatoms. The van der Waals surface area contributed by atoms with Crippen molar-refractivity contribution in [2.24, 2.45) is 0 Å². The minimum Gasteiger partial charge on any atom is -0.464 e. The summed E-state index contributed by atoms with van der Waals surface area (Å²) in [5.74, 6) is 2.08. The van der Waals surface area contributed by atoms with Crippen LogP contribution in [0.1, 0.15) is 362 Å². The summed E-state index contributed by atoms with van der Waals surface area (Å²) < 4.78 is 5.78. The maximum atomic E-state index is 13.0. The molecule has 586 valence electrons. The highest BCUT2D eigenvalue weighted by atomic mass is 33.1. The molecular formula is C88H166N4O6S2. The Kier molecular flexibility index (Phi) is 75.5. The summed E-state index contributed by atoms with van der Waals surface area (Å²) in [4.78, 5) is 22.6. The van der Waals surface area contributed by atoms with Gasteiger partial charge >= 0.3 is 5.97 Å². The van der Waals surface area contributed by atoms with Gasteiger partial charge in [-0.2, -0.15) is 0 Å². The van der Waals surface area contributed by atoms with Gasteiger partial charge in [0.05, 0.1) is 24.4 Å². The highest BCUT2D eigenvalue weighted by Gasteiger charge is 2.20. The van der Waals surface area contributed by atoms with Gasteiger partial charge in [0.15, 0.2) is 0 Å². The average molecular weight is 1440 g/mol. The van der Waals surface area contributed by atoms with Crippen LogP contribution in [0.3, 0.4) is 0 Å². The number of aliphatic hydroxyl groups excluding tert-OH is 4. The highest BCUT2D eigenvalue weighted by Crippen LogP contribution is 2.24. The lowest BCUT2D eigenvalue weighted by atomic mass is 10.1. The number of carbonyl (C=O) groups excluding carboxylic acids is 1. The molecular weight excluding hydrogens is 1270 g/mol. The largest absolute Gasteiger partial charge is 0.464 e. The normalized spacial score (nSPS) is 15.0. The maximum Gasteiger partial charge on any atom is 0.305 e. The first-order chi connectivity index (χ1) is 49.2. The van der Waals surface area contributed by atoms with Crippen molar-refractivity contribution in [3.05, 3.63) is 72.9 Å². The standard InChI is InChI=1S/C88H166N4O6S2/c1-5-9-13-17-21-25-29-33-37-41-45-49-53-57-64-84(93)80-91(81-85(94)65-58-54-50-46-42-38-34-30-26-22-18-14-10-6-2)69-61-62-78-99-100-79-76-90-73-71-89(72-74-90)75-77-98-88(97)68-63-70-92(82-86(95)66-59-55-51-47-43-39-35-31-27-23-19-15-11-7-3)83-87(96)67-60-56-52-48-44-40-36-32-28-24-20-16-12-8-4/h23-24,27-28,33-40,84-87,93-96H,5-22,25-26,29-32,41-83H2,1-4H3/b27-23-,28-24-,37-33-,38-34-,39-35-,40-36-. The van der Waals surface area contributed by atoms with Gasteiger partial charge in [0.2, 0.25) is 0 Å². The van der Waals surface area contributed by atoms with Gasteiger partial charge in [-0.15, -0.1) is 0 Å². The van der Waals surface area contributed by atoms with Crippen molar-refractivity contribution in [1.29, 1.82) is 0 Å². The molecule has 4 atom stereocenters. The lowest BCUT2D eigenvalue weighted by Crippen LogP contribution is -2.47. The molecule has 0 saturated carbocycles. The highest BCUT2D eigenvalue weighted by molar-refractivity contribution is 8.76. The van der Waals surface area contributed by atoms with Crippen LogP contribution in [0.5, 0.6) is 0 Å². The minimum absolute atomic E-state index is 0.153. The molecule has 1 rings (SSSR count). The van der Waals surface area contributed by atoms with Crippen LogP contribution in [-0.4, -0.2) is 167 Å². The third-order valence-electron chi connectivity index (χ3n) is 20.0. The van der Waals surface area contributed by atoms with E-state index in [1.165, 1.54) is 218 Å². The number of allylic oxidation sites excluding steroid dienone is 12. The van der Waals surface area contributed by atoms with E-state index < -0.39 is 12.2 Å². The first kappa shape index (κ1) is 96.3. The van der Waals surface area contributed by atoms with E-state index in [-0.39, 0.29) is 18.2 Å². The first-order valence-electron chi connectivity index (χ1n) is 43.1. The SMILES string of the molecule is CCCCC/C=C\C/C=C\CCCCCCC(O)CN(CCCC(=O)OCCN1CCN(CCSSCCCCN(CC(O)CCCCCC/C=C\CCCCCCCC)CC(O)CCCCCC/C=C\CCCCCCCC)CC1)CC(O)CCCCCC/C=C\C/C=C\CCCCC. The van der Waals surface area contributed by atoms with E-state index in [1.54, 1.807) is 0 Å². The average Bonchev–Trinajstić information content (AvgIpc) is 1.06. The van der Waals surface area contributed by atoms with E-state index in [0.717, 1.165) is 160 Å². The second-order valence-corrected chi connectivity index (χ2v) is 32.6. The molecule has 0 aromatic rings. The molecule has 1 saturated heterocycles. The zero-order valence-electron chi connectivity index (χ0n) is 66.3. The third-order valence-corrected chi connectivity index (χ3v) is 22.4. The number of hydrogen-bond acceptors (Lipinski definition) is 12. The molecule has 4 N–H and O–H groups in total. The van der Waals surface area contributed by atoms with E-state index in [1.807, 2.05) is 21.6 Å². The van der Waals surface area contributed by atoms with Gasteiger partial charge < -0.3 is 25.2 Å². The van der Waals surface area contributed by atoms with E-state index in [4.69, 9.17) is 4.74 Å². The van der Waals surface area contributed by atoms with Gasteiger partial charge in [-0.1, -0.05) is 289 Å². The second kappa shape index (κ2) is 78.4. The number of aliphatic hydroxyl groups is 4. The van der Waals surface area contributed by atoms with Gasteiger partial charge in [-0.3, -0.25) is 24.4 Å². The predicted molar refractivity (Wildman–Crippen MR) is 443 cm³/mol. The molecule has 0 aromatic heterocycles. The molecule has 100 heavy (non-hydrogen) atoms. The summed E-state index contributed by atoms with van der Waals surface area (Å²) in [5.41, 5.74) is 0. The van der Waals surface area contributed by atoms with Crippen molar-refractivity contribution < 1.29 is 30.0 Å². The molecule has 0 bridgehead atoms. The van der Waals surface area contributed by atoms with Crippen molar-refractivity contribution in [1.82, 2.24) is 19.6 Å². The Bertz CT molecular complexity index is 1760. The number of piperazine rings is 1. The molecule has 0 radical (unpaired) electrons. The summed E-state index contributed by atoms with van der Waals surface area (Å²) in [6.07, 6.45) is 87.0. The van der Waals surface area contributed by atoms with E-state index in [0.29, 0.717) is 52.2 Å². The van der Waals surface area contributed by atoms with Crippen LogP contribution in [-0.2, 0) is 9.53 Å². The zero-order chi connectivity index (χ0) is 72.2. The van der Waals surface area contributed by atoms with Crippen molar-refractivity contribution in [2.45, 2.75) is 386 Å². The van der Waals surface area contributed by atoms with E-state index in [9.17, 15) is 25.2 Å². The molecule has 1 aliphatic heterocycles. The van der Waals surface area contributed by atoms with E-state index in [2.05, 4.69) is 120 Å². The van der Waals surface area contributed by atoms with Gasteiger partial charge in [0.1, 0.15) is 6.61 Å². The second-order valence-electron chi connectivity index (χ2n) is 29.9. The fourth-order valence-corrected chi connectivity index (χ4v) is 15.6. The molecule has 0 amide bonds. The smallest absolute Gasteiger partial charge is 0.305 e. The Hall–Kier alpha value is -1.71. The number of hydrogen-bond donors (Lipinski definition) is 4. The fraction of sp³-hybridized carbons (Fsp3) is 0.852. The first-order valence-corrected chi connectivity index (χ1v) is 45.6. The molecule has 1 heterocycles. The van der Waals surface area contributed by atoms with Crippen LogP contribution >= 0.6 is 21.6 Å². The molecule has 10 nitrogen and oxygen atoms in total. The quantitative estimate of drug-likeness (QED) is 0.0201. The van der Waals surface area contributed by atoms with Crippen molar-refractivity contribution in [3.63, 3.8) is 0 Å². The number of esters is 1. The number of ether oxygens (including phenoxy) is 1. The van der Waals surface area contributed by atoms with Crippen LogP contribution in [0.2, 0.25) is 0 Å². The summed E-state index contributed by atoms with van der Waals surface area (Å²) in [6.45, 7) is 19.4. The third kappa shape index (κ3) is 70.6. The van der Waals surface area contributed by atoms with Gasteiger partial charge in [0.25, 0.3) is 0 Å². The number of carbonyl (C=O) groups is 1. The Labute approximate surface area is 628 Å². The zero-order valence-corrected chi connectivity index (χ0v) is 68.0. The van der Waals surface area contributed by atoms with Crippen LogP contribution in [0.15, 0.2) is 72.9 Å². The summed E-state index contributed by atoms with van der Waals surface area (Å²) >= 11 is 0. The lowest BCUT2D eigenvalue weighted by Gasteiger charge is -2.34. The topological polar surface area (TPSA) is 120 Å². The Morgan fingerprint density at radius 1 is 0.340 bits per heavy atom. The van der Waals surface area contributed by atoms with Gasteiger partial charge in [-0.05, 0) is 174 Å². The monoisotopic (exact) mass is 1440 g/mol. The summed E-state index contributed by atoms with van der Waals surface area (Å²) in [6, 6.07) is 0. The number of nitrogens with zero attached hydrogens (tertiary/aromatic N) is 4. The predicted octanol–water partition coefficient (Wildman–Crippen LogP) is 23.3. The number of rotatable bonds is 78. The van der Waals surface area contributed by atoms with Crippen LogP contribution in [0.4, 0.5) is 0 Å². The lowest BCUT2D eigenvalue weighted by molar-refractivity contribution is -0.144. The molecule has 0 spiro atoms. The summed E-state index contributed by atoms with van der Waals surface area (Å²) in [7, 11) is 3.98. The van der Waals surface area contributed by atoms with Crippen LogP contribution in [0.25, 0.3) is 0 Å². The molecule has 4 unspecified atom stereocenters. The Morgan fingerprint density at radius 2 is 0.620 bits per heavy atom. The van der Waals surface area contributed by atoms with Gasteiger partial charge in [0, 0.05) is 83.4 Å². The Balaban J connectivity index is 2.46. The molecule has 0 aliphatic carbocycles. The number of unbranched alkanes of at least 4 members (excludes halogenated alkanes) is 35. The molecule has 1 aliphatic rings. The molecule has 0 aromatic carbocycles. The van der Waals surface area contributed by atoms with Crippen LogP contribution < -0.4 is 0 Å². The van der Waals surface area contributed by atoms with Crippen LogP contribution in [0, 0.1) is 0 Å². The minimum atomic E-state index is -0.442. The Morgan fingerprint density at radius 3 is 0.980 bits per heavy atom. The van der Waals surface area contributed by atoms with Crippen molar-refractivity contribution >= 4 is 27.6 Å². The maximum absolute atomic E-state index is 13.0.